The van der Waals surface area contributed by atoms with E-state index in [1.807, 2.05) is 25.1 Å². The predicted octanol–water partition coefficient (Wildman–Crippen LogP) is 3.69. The lowest BCUT2D eigenvalue weighted by Gasteiger charge is -2.38. The van der Waals surface area contributed by atoms with Crippen molar-refractivity contribution in [2.24, 2.45) is 5.92 Å². The quantitative estimate of drug-likeness (QED) is 0.775. The van der Waals surface area contributed by atoms with Crippen LogP contribution in [0.2, 0.25) is 0 Å². The van der Waals surface area contributed by atoms with Crippen LogP contribution >= 0.6 is 12.6 Å². The van der Waals surface area contributed by atoms with Crippen LogP contribution in [0.4, 0.5) is 0 Å². The molecular weight excluding hydrogens is 254 g/mol. The van der Waals surface area contributed by atoms with E-state index in [0.717, 1.165) is 34.9 Å². The molecule has 1 saturated carbocycles. The Hall–Kier alpha value is -0.960. The molecule has 1 amide bonds. The van der Waals surface area contributed by atoms with E-state index >= 15 is 0 Å². The Labute approximate surface area is 120 Å². The second kappa shape index (κ2) is 5.20. The normalized spacial score (nSPS) is 26.3. The van der Waals surface area contributed by atoms with Gasteiger partial charge in [0.2, 0.25) is 0 Å². The lowest BCUT2D eigenvalue weighted by molar-refractivity contribution is 0.0547. The Balaban J connectivity index is 1.88. The number of hydrogen-bond acceptors (Lipinski definition) is 2. The fourth-order valence-corrected chi connectivity index (χ4v) is 3.90. The number of nitrogens with zero attached hydrogens (tertiary/aromatic N) is 1. The highest BCUT2D eigenvalue weighted by Gasteiger charge is 2.37. The van der Waals surface area contributed by atoms with E-state index in [0.29, 0.717) is 6.04 Å². The van der Waals surface area contributed by atoms with Crippen molar-refractivity contribution in [1.82, 2.24) is 4.90 Å². The smallest absolute Gasteiger partial charge is 0.254 e. The van der Waals surface area contributed by atoms with Crippen LogP contribution in [0, 0.1) is 12.8 Å². The molecule has 19 heavy (non-hydrogen) atoms. The Bertz CT molecular complexity index is 500. The maximum atomic E-state index is 12.8. The van der Waals surface area contributed by atoms with E-state index in [4.69, 9.17) is 0 Å². The van der Waals surface area contributed by atoms with Gasteiger partial charge in [-0.3, -0.25) is 4.79 Å². The summed E-state index contributed by atoms with van der Waals surface area (Å²) in [4.78, 5) is 15.8. The summed E-state index contributed by atoms with van der Waals surface area (Å²) in [7, 11) is 0. The first-order valence-corrected chi connectivity index (χ1v) is 7.72. The average Bonchev–Trinajstić information content (AvgIpc) is 2.89. The van der Waals surface area contributed by atoms with Gasteiger partial charge in [-0.1, -0.05) is 12.5 Å². The van der Waals surface area contributed by atoms with Crippen molar-refractivity contribution in [1.29, 1.82) is 0 Å². The SMILES string of the molecule is Cc1ccc(S)cc1C(=O)N1CCCC2CCCC21. The summed E-state index contributed by atoms with van der Waals surface area (Å²) in [5.74, 6) is 0.960. The Morgan fingerprint density at radius 2 is 2.05 bits per heavy atom. The van der Waals surface area contributed by atoms with Gasteiger partial charge in [-0.05, 0) is 56.2 Å². The van der Waals surface area contributed by atoms with Gasteiger partial charge in [-0.2, -0.15) is 0 Å². The summed E-state index contributed by atoms with van der Waals surface area (Å²) in [6.45, 7) is 2.94. The van der Waals surface area contributed by atoms with Gasteiger partial charge < -0.3 is 4.90 Å². The fourth-order valence-electron chi connectivity index (χ4n) is 3.70. The van der Waals surface area contributed by atoms with Gasteiger partial charge in [0.25, 0.3) is 5.91 Å². The second-order valence-corrected chi connectivity index (χ2v) is 6.41. The standard InChI is InChI=1S/C16H21NOS/c1-11-7-8-13(19)10-14(11)16(18)17-9-3-5-12-4-2-6-15(12)17/h7-8,10,12,15,19H,2-6,9H2,1H3. The van der Waals surface area contributed by atoms with E-state index < -0.39 is 0 Å². The number of hydrogen-bond donors (Lipinski definition) is 1. The van der Waals surface area contributed by atoms with Crippen molar-refractivity contribution in [2.45, 2.75) is 50.0 Å². The number of likely N-dealkylation sites (tertiary alicyclic amines) is 1. The van der Waals surface area contributed by atoms with Crippen LogP contribution in [0.15, 0.2) is 23.1 Å². The lowest BCUT2D eigenvalue weighted by atomic mass is 9.91. The number of benzene rings is 1. The van der Waals surface area contributed by atoms with E-state index in [2.05, 4.69) is 17.5 Å². The second-order valence-electron chi connectivity index (χ2n) is 5.90. The Kier molecular flexibility index (Phi) is 3.57. The van der Waals surface area contributed by atoms with Crippen LogP contribution < -0.4 is 0 Å². The van der Waals surface area contributed by atoms with Crippen molar-refractivity contribution >= 4 is 18.5 Å². The molecule has 102 valence electrons. The maximum Gasteiger partial charge on any atom is 0.254 e. The lowest BCUT2D eigenvalue weighted by Crippen LogP contribution is -2.46. The van der Waals surface area contributed by atoms with Crippen molar-refractivity contribution in [3.05, 3.63) is 29.3 Å². The summed E-state index contributed by atoms with van der Waals surface area (Å²) < 4.78 is 0. The molecule has 1 aromatic rings. The van der Waals surface area contributed by atoms with Gasteiger partial charge >= 0.3 is 0 Å². The maximum absolute atomic E-state index is 12.8. The minimum Gasteiger partial charge on any atom is -0.335 e. The third-order valence-electron chi connectivity index (χ3n) is 4.71. The van der Waals surface area contributed by atoms with Gasteiger partial charge in [0, 0.05) is 23.0 Å². The van der Waals surface area contributed by atoms with Crippen LogP contribution in [0.3, 0.4) is 0 Å². The number of thiol groups is 1. The summed E-state index contributed by atoms with van der Waals surface area (Å²) in [6, 6.07) is 6.35. The minimum absolute atomic E-state index is 0.213. The molecule has 0 bridgehead atoms. The highest BCUT2D eigenvalue weighted by molar-refractivity contribution is 7.80. The molecule has 0 N–H and O–H groups in total. The van der Waals surface area contributed by atoms with E-state index in [1.54, 1.807) is 0 Å². The zero-order valence-corrected chi connectivity index (χ0v) is 12.3. The van der Waals surface area contributed by atoms with Gasteiger partial charge in [0.15, 0.2) is 0 Å². The zero-order chi connectivity index (χ0) is 13.4. The van der Waals surface area contributed by atoms with E-state index in [9.17, 15) is 4.79 Å². The highest BCUT2D eigenvalue weighted by atomic mass is 32.1. The highest BCUT2D eigenvalue weighted by Crippen LogP contribution is 2.37. The molecule has 2 atom stereocenters. The molecule has 1 heterocycles. The monoisotopic (exact) mass is 275 g/mol. The van der Waals surface area contributed by atoms with Crippen molar-refractivity contribution in [3.63, 3.8) is 0 Å². The first-order valence-electron chi connectivity index (χ1n) is 7.27. The van der Waals surface area contributed by atoms with Gasteiger partial charge in [-0.15, -0.1) is 12.6 Å². The third-order valence-corrected chi connectivity index (χ3v) is 4.98. The van der Waals surface area contributed by atoms with Gasteiger partial charge in [0.1, 0.15) is 0 Å². The molecule has 1 saturated heterocycles. The zero-order valence-electron chi connectivity index (χ0n) is 11.4. The average molecular weight is 275 g/mol. The van der Waals surface area contributed by atoms with Crippen LogP contribution in [0.25, 0.3) is 0 Å². The van der Waals surface area contributed by atoms with Crippen molar-refractivity contribution in [2.75, 3.05) is 6.54 Å². The van der Waals surface area contributed by atoms with E-state index in [1.165, 1.54) is 25.7 Å². The van der Waals surface area contributed by atoms with Gasteiger partial charge in [-0.25, -0.2) is 0 Å². The predicted molar refractivity (Wildman–Crippen MR) is 79.8 cm³/mol. The molecule has 0 spiro atoms. The minimum atomic E-state index is 0.213. The number of carbonyl (C=O) groups excluding carboxylic acids is 1. The fraction of sp³-hybridized carbons (Fsp3) is 0.562. The molecule has 0 aromatic heterocycles. The van der Waals surface area contributed by atoms with Crippen LogP contribution in [-0.2, 0) is 0 Å². The molecule has 1 aromatic carbocycles. The number of piperidine rings is 1. The molecule has 2 unspecified atom stereocenters. The first-order chi connectivity index (χ1) is 9.16. The van der Waals surface area contributed by atoms with Crippen molar-refractivity contribution in [3.8, 4) is 0 Å². The largest absolute Gasteiger partial charge is 0.335 e. The van der Waals surface area contributed by atoms with Gasteiger partial charge in [0.05, 0.1) is 0 Å². The van der Waals surface area contributed by atoms with Crippen LogP contribution in [0.1, 0.15) is 48.0 Å². The van der Waals surface area contributed by atoms with Crippen LogP contribution in [0.5, 0.6) is 0 Å². The first kappa shape index (κ1) is 13.0. The Morgan fingerprint density at radius 1 is 1.26 bits per heavy atom. The molecule has 2 nitrogen and oxygen atoms in total. The number of rotatable bonds is 1. The number of fused-ring (bicyclic) bond motifs is 1. The summed E-state index contributed by atoms with van der Waals surface area (Å²) >= 11 is 4.36. The third kappa shape index (κ3) is 2.40. The molecular formula is C16H21NOS. The number of amides is 1. The number of aryl methyl sites for hydroxylation is 1. The molecule has 0 radical (unpaired) electrons. The van der Waals surface area contributed by atoms with Crippen LogP contribution in [-0.4, -0.2) is 23.4 Å². The topological polar surface area (TPSA) is 20.3 Å². The Morgan fingerprint density at radius 3 is 2.89 bits per heavy atom. The summed E-state index contributed by atoms with van der Waals surface area (Å²) in [5, 5.41) is 0. The van der Waals surface area contributed by atoms with Crippen molar-refractivity contribution < 1.29 is 4.79 Å². The molecule has 1 aliphatic carbocycles. The molecule has 3 rings (SSSR count). The molecule has 1 aliphatic heterocycles. The van der Waals surface area contributed by atoms with E-state index in [-0.39, 0.29) is 5.91 Å². The summed E-state index contributed by atoms with van der Waals surface area (Å²) in [6.07, 6.45) is 6.24. The molecule has 2 fully saturated rings. The molecule has 3 heteroatoms. The number of carbonyl (C=O) groups is 1. The summed E-state index contributed by atoms with van der Waals surface area (Å²) in [5.41, 5.74) is 1.89. The molecule has 2 aliphatic rings.